The van der Waals surface area contributed by atoms with Crippen molar-refractivity contribution in [1.29, 1.82) is 0 Å². The van der Waals surface area contributed by atoms with E-state index in [4.69, 9.17) is 21.4 Å². The summed E-state index contributed by atoms with van der Waals surface area (Å²) in [6.07, 6.45) is 11.0. The normalized spacial score (nSPS) is 12.9. The number of pyridine rings is 4. The first kappa shape index (κ1) is 40.9. The molecule has 9 heteroatoms. The van der Waals surface area contributed by atoms with Gasteiger partial charge >= 0.3 is 0 Å². The molecule has 0 fully saturated rings. The van der Waals surface area contributed by atoms with Crippen molar-refractivity contribution in [2.75, 3.05) is 21.3 Å². The van der Waals surface area contributed by atoms with Crippen molar-refractivity contribution in [3.8, 4) is 27.9 Å². The molecule has 70 heavy (non-hydrogen) atoms. The van der Waals surface area contributed by atoms with E-state index in [0.717, 1.165) is 83.3 Å². The average molecular weight is 904 g/mol. The lowest BCUT2D eigenvalue weighted by atomic mass is 9.73. The first-order valence-corrected chi connectivity index (χ1v) is 23.4. The molecule has 5 aromatic heterocycles. The lowest BCUT2D eigenvalue weighted by Gasteiger charge is -2.42. The summed E-state index contributed by atoms with van der Waals surface area (Å²) in [4.78, 5) is 23.8. The zero-order chi connectivity index (χ0) is 47.1. The Bertz CT molecular complexity index is 3930. The van der Waals surface area contributed by atoms with Crippen LogP contribution in [0.2, 0.25) is 0 Å². The predicted molar refractivity (Wildman–Crippen MR) is 288 cm³/mol. The van der Waals surface area contributed by atoms with Gasteiger partial charge < -0.3 is 25.8 Å². The fourth-order valence-corrected chi connectivity index (χ4v) is 10.7. The molecule has 0 spiro atoms. The van der Waals surface area contributed by atoms with Crippen LogP contribution in [0.5, 0.6) is 0 Å². The second-order valence-corrected chi connectivity index (χ2v) is 18.5. The molecular formula is C61H45N9. The highest BCUT2D eigenvalue weighted by atomic mass is 15.2. The second kappa shape index (κ2) is 15.9. The number of anilines is 8. The summed E-state index contributed by atoms with van der Waals surface area (Å²) in [5.41, 5.74) is 31.9. The van der Waals surface area contributed by atoms with Crippen LogP contribution in [0.4, 0.5) is 45.5 Å². The molecule has 334 valence electrons. The molecule has 0 saturated carbocycles. The van der Waals surface area contributed by atoms with Crippen LogP contribution in [0.1, 0.15) is 25.0 Å². The zero-order valence-corrected chi connectivity index (χ0v) is 38.5. The van der Waals surface area contributed by atoms with Crippen molar-refractivity contribution in [1.82, 2.24) is 24.5 Å². The molecule has 0 atom stereocenters. The molecule has 6 heterocycles. The Hall–Kier alpha value is -9.34. The fraction of sp³-hybridized carbons (Fsp3) is 0.0492. The molecule has 9 nitrogen and oxygen atoms in total. The molecule has 0 aliphatic carbocycles. The molecule has 13 rings (SSSR count). The Labute approximate surface area is 404 Å². The van der Waals surface area contributed by atoms with E-state index >= 15 is 0 Å². The third-order valence-electron chi connectivity index (χ3n) is 14.1. The van der Waals surface area contributed by atoms with Gasteiger partial charge in [-0.2, -0.15) is 0 Å². The Morgan fingerprint density at radius 2 is 1.01 bits per heavy atom. The molecule has 1 aliphatic heterocycles. The topological polar surface area (TPSA) is 115 Å². The van der Waals surface area contributed by atoms with Gasteiger partial charge in [0.1, 0.15) is 0 Å². The van der Waals surface area contributed by atoms with Gasteiger partial charge in [-0.15, -0.1) is 0 Å². The van der Waals surface area contributed by atoms with Crippen molar-refractivity contribution < 1.29 is 0 Å². The lowest BCUT2D eigenvalue weighted by Crippen LogP contribution is -2.30. The second-order valence-electron chi connectivity index (χ2n) is 18.5. The minimum absolute atomic E-state index is 0.175. The van der Waals surface area contributed by atoms with Gasteiger partial charge in [0.05, 0.1) is 56.7 Å². The number of hydrogen-bond acceptors (Lipinski definition) is 8. The van der Waals surface area contributed by atoms with E-state index in [-0.39, 0.29) is 5.41 Å². The highest BCUT2D eigenvalue weighted by molar-refractivity contribution is 6.17. The minimum Gasteiger partial charge on any atom is -0.396 e. The van der Waals surface area contributed by atoms with E-state index in [9.17, 15) is 0 Å². The third-order valence-corrected chi connectivity index (χ3v) is 14.1. The largest absolute Gasteiger partial charge is 0.396 e. The van der Waals surface area contributed by atoms with Crippen LogP contribution in [0.15, 0.2) is 213 Å². The number of hydrogen-bond donors (Lipinski definition) is 2. The SMILES string of the molecule is CC1(C)c2ccccc2N(c2ccc3c(c2)c2ccc(N(c4ccccc4)c4ccccc4)cc2n3-c2cnc3c(c2)c(N)c(N)c2cc(-c4cncc(-c5cccnc5)c4)cnc23)c2ccccc21. The molecule has 12 aromatic rings. The maximum atomic E-state index is 7.08. The molecule has 0 radical (unpaired) electrons. The zero-order valence-electron chi connectivity index (χ0n) is 38.5. The number of para-hydroxylation sites is 4. The molecule has 4 N–H and O–H groups in total. The molecule has 0 bridgehead atoms. The van der Waals surface area contributed by atoms with Crippen LogP contribution in [0, 0.1) is 0 Å². The summed E-state index contributed by atoms with van der Waals surface area (Å²) in [5.74, 6) is 0. The van der Waals surface area contributed by atoms with E-state index in [1.54, 1.807) is 6.20 Å². The van der Waals surface area contributed by atoms with Crippen LogP contribution < -0.4 is 21.3 Å². The van der Waals surface area contributed by atoms with Gasteiger partial charge in [0.15, 0.2) is 0 Å². The highest BCUT2D eigenvalue weighted by Gasteiger charge is 2.36. The van der Waals surface area contributed by atoms with Crippen molar-refractivity contribution in [2.24, 2.45) is 0 Å². The fourth-order valence-electron chi connectivity index (χ4n) is 10.7. The van der Waals surface area contributed by atoms with E-state index in [2.05, 4.69) is 196 Å². The summed E-state index contributed by atoms with van der Waals surface area (Å²) in [7, 11) is 0. The van der Waals surface area contributed by atoms with Crippen molar-refractivity contribution in [2.45, 2.75) is 19.3 Å². The first-order chi connectivity index (χ1) is 34.3. The molecule has 0 saturated heterocycles. The van der Waals surface area contributed by atoms with E-state index in [0.29, 0.717) is 22.4 Å². The number of fused-ring (bicyclic) bond motifs is 8. The van der Waals surface area contributed by atoms with Crippen LogP contribution in [-0.4, -0.2) is 24.5 Å². The first-order valence-electron chi connectivity index (χ1n) is 23.4. The minimum atomic E-state index is -0.175. The van der Waals surface area contributed by atoms with Gasteiger partial charge in [0.25, 0.3) is 0 Å². The summed E-state index contributed by atoms with van der Waals surface area (Å²) < 4.78 is 2.30. The Balaban J connectivity index is 1.01. The monoisotopic (exact) mass is 903 g/mol. The molecule has 0 unspecified atom stereocenters. The van der Waals surface area contributed by atoms with E-state index in [1.165, 1.54) is 22.5 Å². The highest BCUT2D eigenvalue weighted by Crippen LogP contribution is 2.52. The number of aromatic nitrogens is 5. The lowest BCUT2D eigenvalue weighted by molar-refractivity contribution is 0.632. The van der Waals surface area contributed by atoms with Crippen molar-refractivity contribution in [3.05, 3.63) is 224 Å². The van der Waals surface area contributed by atoms with Gasteiger partial charge in [-0.1, -0.05) is 98.8 Å². The predicted octanol–water partition coefficient (Wildman–Crippen LogP) is 14.7. The Morgan fingerprint density at radius 1 is 0.429 bits per heavy atom. The van der Waals surface area contributed by atoms with Crippen LogP contribution in [0.25, 0.3) is 71.6 Å². The third kappa shape index (κ3) is 6.39. The summed E-state index contributed by atoms with van der Waals surface area (Å²) in [5, 5.41) is 3.66. The summed E-state index contributed by atoms with van der Waals surface area (Å²) in [6.45, 7) is 4.64. The molecular weight excluding hydrogens is 859 g/mol. The number of nitrogen functional groups attached to an aromatic ring is 2. The maximum absolute atomic E-state index is 7.08. The van der Waals surface area contributed by atoms with Crippen LogP contribution in [0.3, 0.4) is 0 Å². The van der Waals surface area contributed by atoms with E-state index in [1.807, 2.05) is 49.2 Å². The molecule has 0 amide bonds. The summed E-state index contributed by atoms with van der Waals surface area (Å²) in [6, 6.07) is 62.3. The van der Waals surface area contributed by atoms with Crippen LogP contribution in [-0.2, 0) is 5.41 Å². The Kier molecular flexibility index (Phi) is 9.28. The molecule has 1 aliphatic rings. The standard InChI is InChI=1S/C61H45N9/c1-61(2)51-19-9-11-21-54(51)69(55-22-12-10-20-52(55)61)44-24-26-53-48(30-44)47-25-23-45(68(42-15-5-3-6-16-42)43-17-7-4-8-18-43)32-56(47)70(53)46-31-50-58(63)57(62)49-29-41(36-66-59(49)60(50)67-37-46)40-28-39(34-65-35-40)38-14-13-27-64-33-38/h3-37H,62-63H2,1-2H3. The van der Waals surface area contributed by atoms with Gasteiger partial charge in [-0.3, -0.25) is 19.9 Å². The van der Waals surface area contributed by atoms with Crippen LogP contribution >= 0.6 is 0 Å². The quantitative estimate of drug-likeness (QED) is 0.0923. The van der Waals surface area contributed by atoms with Gasteiger partial charge in [0.2, 0.25) is 0 Å². The molecule has 7 aromatic carbocycles. The number of nitrogens with two attached hydrogens (primary N) is 2. The number of rotatable bonds is 7. The average Bonchev–Trinajstić information content (AvgIpc) is 3.74. The van der Waals surface area contributed by atoms with Gasteiger partial charge in [0, 0.05) is 103 Å². The van der Waals surface area contributed by atoms with Crippen molar-refractivity contribution in [3.63, 3.8) is 0 Å². The number of nitrogens with zero attached hydrogens (tertiary/aromatic N) is 7. The Morgan fingerprint density at radius 3 is 1.69 bits per heavy atom. The van der Waals surface area contributed by atoms with Gasteiger partial charge in [-0.05, 0) is 102 Å². The maximum Gasteiger partial charge on any atom is 0.0988 e. The van der Waals surface area contributed by atoms with Crippen molar-refractivity contribution >= 4 is 89.1 Å². The number of benzene rings is 7. The summed E-state index contributed by atoms with van der Waals surface area (Å²) >= 11 is 0. The van der Waals surface area contributed by atoms with Gasteiger partial charge in [-0.25, -0.2) is 0 Å². The smallest absolute Gasteiger partial charge is 0.0988 e. The van der Waals surface area contributed by atoms with E-state index < -0.39 is 0 Å².